The molecule has 0 unspecified atom stereocenters. The van der Waals surface area contributed by atoms with Crippen molar-refractivity contribution < 1.29 is 9.90 Å². The van der Waals surface area contributed by atoms with Gasteiger partial charge in [-0.05, 0) is 0 Å². The summed E-state index contributed by atoms with van der Waals surface area (Å²) >= 11 is 0. The van der Waals surface area contributed by atoms with Crippen molar-refractivity contribution in [3.05, 3.63) is 17.7 Å². The first-order valence-corrected chi connectivity index (χ1v) is 3.70. The molecule has 0 aromatic carbocycles. The summed E-state index contributed by atoms with van der Waals surface area (Å²) in [5, 5.41) is 8.59. The van der Waals surface area contributed by atoms with Gasteiger partial charge in [0.05, 0.1) is 6.20 Å². The first kappa shape index (κ1) is 12.0. The van der Waals surface area contributed by atoms with Crippen molar-refractivity contribution in [1.29, 1.82) is 0 Å². The van der Waals surface area contributed by atoms with Gasteiger partial charge in [0.15, 0.2) is 0 Å². The average Bonchev–Trinajstić information content (AvgIpc) is 2.30. The maximum Gasteiger partial charge on any atom is 0.353 e. The normalized spacial score (nSPS) is 10.7. The Morgan fingerprint density at radius 2 is 2.08 bits per heavy atom. The van der Waals surface area contributed by atoms with Crippen molar-refractivity contribution in [2.45, 2.75) is 26.2 Å². The molecule has 0 amide bonds. The number of hydrogen-bond donors (Lipinski definition) is 2. The van der Waals surface area contributed by atoms with E-state index in [1.807, 2.05) is 20.8 Å². The third kappa shape index (κ3) is 2.73. The monoisotopic (exact) mass is 204 g/mol. The van der Waals surface area contributed by atoms with E-state index in [9.17, 15) is 4.79 Å². The van der Waals surface area contributed by atoms with Gasteiger partial charge in [-0.25, -0.2) is 9.78 Å². The molecule has 0 aliphatic heterocycles. The molecular weight excluding hydrogens is 192 g/mol. The van der Waals surface area contributed by atoms with Gasteiger partial charge < -0.3 is 10.1 Å². The van der Waals surface area contributed by atoms with Crippen molar-refractivity contribution in [2.24, 2.45) is 0 Å². The Bertz CT molecular complexity index is 301. The number of nitrogens with one attached hydrogen (secondary N) is 1. The maximum absolute atomic E-state index is 10.5. The van der Waals surface area contributed by atoms with Crippen LogP contribution in [0.1, 0.15) is 37.1 Å². The molecule has 0 saturated carbocycles. The highest BCUT2D eigenvalue weighted by molar-refractivity contribution is 5.85. The Morgan fingerprint density at radius 1 is 1.54 bits per heavy atom. The van der Waals surface area contributed by atoms with Crippen LogP contribution in [0, 0.1) is 0 Å². The Balaban J connectivity index is 0.00000144. The van der Waals surface area contributed by atoms with Crippen LogP contribution in [0.5, 0.6) is 0 Å². The van der Waals surface area contributed by atoms with Gasteiger partial charge >= 0.3 is 5.97 Å². The fourth-order valence-electron chi connectivity index (χ4n) is 0.811. The van der Waals surface area contributed by atoms with E-state index in [1.165, 1.54) is 6.20 Å². The molecule has 0 radical (unpaired) electrons. The summed E-state index contributed by atoms with van der Waals surface area (Å²) in [6.45, 7) is 5.91. The van der Waals surface area contributed by atoms with E-state index < -0.39 is 5.97 Å². The highest BCUT2D eigenvalue weighted by atomic mass is 35.5. The maximum atomic E-state index is 10.5. The van der Waals surface area contributed by atoms with Crippen molar-refractivity contribution in [1.82, 2.24) is 9.97 Å². The molecule has 5 heteroatoms. The topological polar surface area (TPSA) is 66.0 Å². The van der Waals surface area contributed by atoms with Crippen LogP contribution < -0.4 is 0 Å². The molecule has 0 aliphatic rings. The second-order valence-corrected chi connectivity index (χ2v) is 3.70. The molecule has 2 N–H and O–H groups in total. The number of carbonyl (C=O) groups is 1. The molecule has 0 aliphatic carbocycles. The zero-order chi connectivity index (χ0) is 9.35. The van der Waals surface area contributed by atoms with Crippen molar-refractivity contribution in [3.63, 3.8) is 0 Å². The highest BCUT2D eigenvalue weighted by Gasteiger charge is 2.18. The van der Waals surface area contributed by atoms with E-state index in [0.717, 1.165) is 0 Å². The van der Waals surface area contributed by atoms with Gasteiger partial charge in [-0.3, -0.25) is 0 Å². The molecule has 4 nitrogen and oxygen atoms in total. The van der Waals surface area contributed by atoms with E-state index >= 15 is 0 Å². The number of aromatic nitrogens is 2. The summed E-state index contributed by atoms with van der Waals surface area (Å²) in [5.41, 5.74) is 0.00757. The lowest BCUT2D eigenvalue weighted by molar-refractivity contribution is 0.0691. The number of nitrogens with zero attached hydrogens (tertiary/aromatic N) is 1. The van der Waals surface area contributed by atoms with Crippen LogP contribution in [0.25, 0.3) is 0 Å². The number of aromatic carboxylic acids is 1. The van der Waals surface area contributed by atoms with Crippen LogP contribution in [0.2, 0.25) is 0 Å². The van der Waals surface area contributed by atoms with E-state index in [4.69, 9.17) is 5.11 Å². The van der Waals surface area contributed by atoms with Gasteiger partial charge in [0, 0.05) is 5.41 Å². The summed E-state index contributed by atoms with van der Waals surface area (Å²) < 4.78 is 0. The van der Waals surface area contributed by atoms with Crippen molar-refractivity contribution >= 4 is 18.4 Å². The van der Waals surface area contributed by atoms with Crippen LogP contribution in [0.15, 0.2) is 6.20 Å². The zero-order valence-corrected chi connectivity index (χ0v) is 8.60. The lowest BCUT2D eigenvalue weighted by atomic mass is 9.96. The Morgan fingerprint density at radius 3 is 2.31 bits per heavy atom. The van der Waals surface area contributed by atoms with E-state index in [2.05, 4.69) is 9.97 Å². The summed E-state index contributed by atoms with van der Waals surface area (Å²) in [6, 6.07) is 0. The van der Waals surface area contributed by atoms with Crippen LogP contribution >= 0.6 is 12.4 Å². The Kier molecular flexibility index (Phi) is 3.49. The SMILES string of the molecule is CC(C)(C)c1ncc(C(=O)O)[nH]1.Cl. The lowest BCUT2D eigenvalue weighted by Crippen LogP contribution is -2.13. The predicted octanol–water partition coefficient (Wildman–Crippen LogP) is 1.83. The molecule has 0 bridgehead atoms. The zero-order valence-electron chi connectivity index (χ0n) is 7.79. The van der Waals surface area contributed by atoms with Crippen LogP contribution in [0.3, 0.4) is 0 Å². The molecule has 0 atom stereocenters. The van der Waals surface area contributed by atoms with Gasteiger partial charge in [-0.1, -0.05) is 20.8 Å². The number of H-pyrrole nitrogens is 1. The molecular formula is C8H13ClN2O2. The fraction of sp³-hybridized carbons (Fsp3) is 0.500. The molecule has 1 heterocycles. The molecule has 0 saturated heterocycles. The van der Waals surface area contributed by atoms with E-state index in [0.29, 0.717) is 5.82 Å². The number of imidazole rings is 1. The summed E-state index contributed by atoms with van der Waals surface area (Å²) in [5.74, 6) is -0.280. The Hall–Kier alpha value is -1.03. The number of carboxylic acids is 1. The minimum atomic E-state index is -0.974. The smallest absolute Gasteiger partial charge is 0.353 e. The quantitative estimate of drug-likeness (QED) is 0.734. The minimum absolute atomic E-state index is 0. The molecule has 0 spiro atoms. The lowest BCUT2D eigenvalue weighted by Gasteiger charge is -2.13. The highest BCUT2D eigenvalue weighted by Crippen LogP contribution is 2.18. The fourth-order valence-corrected chi connectivity index (χ4v) is 0.811. The van der Waals surface area contributed by atoms with E-state index in [-0.39, 0.29) is 23.5 Å². The standard InChI is InChI=1S/C8H12N2O2.ClH/c1-8(2,3)7-9-4-5(10-7)6(11)12;/h4H,1-3H3,(H,9,10)(H,11,12);1H. The van der Waals surface area contributed by atoms with Gasteiger partial charge in [0.1, 0.15) is 11.5 Å². The van der Waals surface area contributed by atoms with Gasteiger partial charge in [0.2, 0.25) is 0 Å². The first-order valence-electron chi connectivity index (χ1n) is 3.70. The predicted molar refractivity (Wildman–Crippen MR) is 51.5 cm³/mol. The summed E-state index contributed by atoms with van der Waals surface area (Å²) in [4.78, 5) is 17.2. The van der Waals surface area contributed by atoms with Gasteiger partial charge in [0.25, 0.3) is 0 Å². The molecule has 74 valence electrons. The second-order valence-electron chi connectivity index (χ2n) is 3.70. The Labute approximate surface area is 82.8 Å². The number of halogens is 1. The third-order valence-corrected chi connectivity index (χ3v) is 1.52. The number of aromatic amines is 1. The third-order valence-electron chi connectivity index (χ3n) is 1.52. The number of carboxylic acid groups (broad SMARTS) is 1. The van der Waals surface area contributed by atoms with Gasteiger partial charge in [-0.15, -0.1) is 12.4 Å². The van der Waals surface area contributed by atoms with Crippen molar-refractivity contribution in [3.8, 4) is 0 Å². The van der Waals surface area contributed by atoms with Crippen LogP contribution in [-0.2, 0) is 5.41 Å². The summed E-state index contributed by atoms with van der Waals surface area (Å²) in [6.07, 6.45) is 1.34. The molecule has 1 aromatic heterocycles. The molecule has 1 aromatic rings. The van der Waals surface area contributed by atoms with Crippen LogP contribution in [-0.4, -0.2) is 21.0 Å². The number of hydrogen-bond acceptors (Lipinski definition) is 2. The molecule has 1 rings (SSSR count). The van der Waals surface area contributed by atoms with E-state index in [1.54, 1.807) is 0 Å². The molecule has 13 heavy (non-hydrogen) atoms. The second kappa shape index (κ2) is 3.79. The average molecular weight is 205 g/mol. The molecule has 0 fully saturated rings. The first-order chi connectivity index (χ1) is 5.41. The van der Waals surface area contributed by atoms with Crippen molar-refractivity contribution in [2.75, 3.05) is 0 Å². The van der Waals surface area contributed by atoms with Gasteiger partial charge in [-0.2, -0.15) is 0 Å². The summed E-state index contributed by atoms with van der Waals surface area (Å²) in [7, 11) is 0. The minimum Gasteiger partial charge on any atom is -0.477 e. The largest absolute Gasteiger partial charge is 0.477 e. The number of rotatable bonds is 1. The van der Waals surface area contributed by atoms with Crippen LogP contribution in [0.4, 0.5) is 0 Å².